The fourth-order valence-electron chi connectivity index (χ4n) is 2.78. The number of hydrogen-bond donors (Lipinski definition) is 2. The van der Waals surface area contributed by atoms with E-state index in [0.717, 1.165) is 18.1 Å². The van der Waals surface area contributed by atoms with Crippen LogP contribution in [-0.2, 0) is 14.3 Å². The van der Waals surface area contributed by atoms with Gasteiger partial charge in [0.25, 0.3) is 11.8 Å². The van der Waals surface area contributed by atoms with Gasteiger partial charge in [-0.2, -0.15) is 0 Å². The number of halogens is 1. The molecule has 0 spiro atoms. The Bertz CT molecular complexity index is 842. The third-order valence-corrected chi connectivity index (χ3v) is 4.48. The van der Waals surface area contributed by atoms with Gasteiger partial charge >= 0.3 is 5.97 Å². The van der Waals surface area contributed by atoms with Crippen molar-refractivity contribution in [2.24, 2.45) is 0 Å². The average molecular weight is 400 g/mol. The van der Waals surface area contributed by atoms with E-state index >= 15 is 0 Å². The second kappa shape index (κ2) is 10.9. The third kappa shape index (κ3) is 6.71. The zero-order chi connectivity index (χ0) is 21.2. The second-order valence-corrected chi connectivity index (χ2v) is 6.56. The lowest BCUT2D eigenvalue weighted by molar-refractivity contribution is -0.153. The van der Waals surface area contributed by atoms with Crippen molar-refractivity contribution in [3.05, 3.63) is 71.5 Å². The fraction of sp³-hybridized carbons (Fsp3) is 0.318. The summed E-state index contributed by atoms with van der Waals surface area (Å²) in [5.74, 6) is -2.47. The minimum atomic E-state index is -1.01. The largest absolute Gasteiger partial charge is 0.451 e. The molecule has 0 aliphatic rings. The summed E-state index contributed by atoms with van der Waals surface area (Å²) in [5.41, 5.74) is 0.952. The maximum absolute atomic E-state index is 13.6. The van der Waals surface area contributed by atoms with E-state index in [1.165, 1.54) is 25.1 Å². The van der Waals surface area contributed by atoms with E-state index in [-0.39, 0.29) is 11.5 Å². The SMILES string of the molecule is CC[C@@H](CNC(=O)[C@H](C)OC(=O)CNC(=O)c1ccccc1F)c1ccccc1. The molecule has 2 amide bonds. The lowest BCUT2D eigenvalue weighted by Gasteiger charge is -2.18. The van der Waals surface area contributed by atoms with E-state index in [9.17, 15) is 18.8 Å². The molecule has 2 N–H and O–H groups in total. The first-order valence-electron chi connectivity index (χ1n) is 9.47. The van der Waals surface area contributed by atoms with Gasteiger partial charge in [0.05, 0.1) is 5.56 Å². The van der Waals surface area contributed by atoms with Crippen LogP contribution in [0.2, 0.25) is 0 Å². The molecule has 7 heteroatoms. The molecule has 2 rings (SSSR count). The van der Waals surface area contributed by atoms with Crippen molar-refractivity contribution in [1.29, 1.82) is 0 Å². The van der Waals surface area contributed by atoms with Gasteiger partial charge in [0.15, 0.2) is 6.10 Å². The molecule has 6 nitrogen and oxygen atoms in total. The van der Waals surface area contributed by atoms with E-state index < -0.39 is 36.2 Å². The molecule has 2 aromatic carbocycles. The van der Waals surface area contributed by atoms with Gasteiger partial charge in [0.1, 0.15) is 12.4 Å². The topological polar surface area (TPSA) is 84.5 Å². The van der Waals surface area contributed by atoms with Crippen LogP contribution in [0.25, 0.3) is 0 Å². The summed E-state index contributed by atoms with van der Waals surface area (Å²) in [6.45, 7) is 3.44. The van der Waals surface area contributed by atoms with Gasteiger partial charge in [-0.05, 0) is 31.0 Å². The van der Waals surface area contributed by atoms with Crippen LogP contribution in [0.3, 0.4) is 0 Å². The Morgan fingerprint density at radius 1 is 1.00 bits per heavy atom. The summed E-state index contributed by atoms with van der Waals surface area (Å²) in [6, 6.07) is 15.3. The summed E-state index contributed by atoms with van der Waals surface area (Å²) in [4.78, 5) is 36.0. The van der Waals surface area contributed by atoms with Gasteiger partial charge in [0, 0.05) is 12.5 Å². The zero-order valence-electron chi connectivity index (χ0n) is 16.5. The normalized spacial score (nSPS) is 12.5. The highest BCUT2D eigenvalue weighted by Gasteiger charge is 2.20. The summed E-state index contributed by atoms with van der Waals surface area (Å²) in [7, 11) is 0. The molecule has 0 aliphatic carbocycles. The monoisotopic (exact) mass is 400 g/mol. The molecule has 0 radical (unpaired) electrons. The number of esters is 1. The third-order valence-electron chi connectivity index (χ3n) is 4.48. The molecule has 0 fully saturated rings. The van der Waals surface area contributed by atoms with Crippen LogP contribution in [0, 0.1) is 5.82 Å². The maximum Gasteiger partial charge on any atom is 0.326 e. The standard InChI is InChI=1S/C22H25FN2O4/c1-3-16(17-9-5-4-6-10-17)13-24-21(27)15(2)29-20(26)14-25-22(28)18-11-7-8-12-19(18)23/h4-12,15-16H,3,13-14H2,1-2H3,(H,24,27)(H,25,28)/t15-,16-/m0/s1. The quantitative estimate of drug-likeness (QED) is 0.634. The Kier molecular flexibility index (Phi) is 8.33. The first-order valence-corrected chi connectivity index (χ1v) is 9.47. The molecule has 0 unspecified atom stereocenters. The highest BCUT2D eigenvalue weighted by molar-refractivity contribution is 5.96. The molecular weight excluding hydrogens is 375 g/mol. The second-order valence-electron chi connectivity index (χ2n) is 6.56. The molecule has 154 valence electrons. The van der Waals surface area contributed by atoms with E-state index in [2.05, 4.69) is 10.6 Å². The van der Waals surface area contributed by atoms with Crippen LogP contribution in [0.15, 0.2) is 54.6 Å². The van der Waals surface area contributed by atoms with Crippen molar-refractivity contribution in [3.63, 3.8) is 0 Å². The van der Waals surface area contributed by atoms with Crippen molar-refractivity contribution >= 4 is 17.8 Å². The van der Waals surface area contributed by atoms with Crippen molar-refractivity contribution in [2.45, 2.75) is 32.3 Å². The average Bonchev–Trinajstić information content (AvgIpc) is 2.73. The molecule has 29 heavy (non-hydrogen) atoms. The highest BCUT2D eigenvalue weighted by atomic mass is 19.1. The van der Waals surface area contributed by atoms with Crippen LogP contribution >= 0.6 is 0 Å². The van der Waals surface area contributed by atoms with Gasteiger partial charge in [-0.15, -0.1) is 0 Å². The Morgan fingerprint density at radius 3 is 2.31 bits per heavy atom. The van der Waals surface area contributed by atoms with Crippen LogP contribution in [0.5, 0.6) is 0 Å². The summed E-state index contributed by atoms with van der Waals surface area (Å²) in [5, 5.41) is 5.06. The van der Waals surface area contributed by atoms with Crippen molar-refractivity contribution in [3.8, 4) is 0 Å². The molecule has 0 heterocycles. The number of rotatable bonds is 9. The van der Waals surface area contributed by atoms with E-state index in [1.807, 2.05) is 37.3 Å². The Hall–Kier alpha value is -3.22. The smallest absolute Gasteiger partial charge is 0.326 e. The minimum Gasteiger partial charge on any atom is -0.451 e. The Morgan fingerprint density at radius 2 is 1.66 bits per heavy atom. The molecule has 0 bridgehead atoms. The number of amides is 2. The van der Waals surface area contributed by atoms with Crippen molar-refractivity contribution < 1.29 is 23.5 Å². The van der Waals surface area contributed by atoms with Crippen LogP contribution in [-0.4, -0.2) is 37.0 Å². The number of carbonyl (C=O) groups is 3. The zero-order valence-corrected chi connectivity index (χ0v) is 16.5. The maximum atomic E-state index is 13.6. The summed E-state index contributed by atoms with van der Waals surface area (Å²) in [6.07, 6.45) is -0.165. The first kappa shape index (κ1) is 22.1. The van der Waals surface area contributed by atoms with Gasteiger partial charge in [-0.3, -0.25) is 14.4 Å². The summed E-state index contributed by atoms with van der Waals surface area (Å²) < 4.78 is 18.6. The van der Waals surface area contributed by atoms with Crippen molar-refractivity contribution in [2.75, 3.05) is 13.1 Å². The lowest BCUT2D eigenvalue weighted by Crippen LogP contribution is -2.40. The summed E-state index contributed by atoms with van der Waals surface area (Å²) >= 11 is 0. The van der Waals surface area contributed by atoms with Crippen molar-refractivity contribution in [1.82, 2.24) is 10.6 Å². The van der Waals surface area contributed by atoms with E-state index in [1.54, 1.807) is 0 Å². The lowest BCUT2D eigenvalue weighted by atomic mass is 9.96. The van der Waals surface area contributed by atoms with Gasteiger partial charge in [-0.25, -0.2) is 4.39 Å². The number of hydrogen-bond acceptors (Lipinski definition) is 4. The van der Waals surface area contributed by atoms with Gasteiger partial charge in [-0.1, -0.05) is 49.4 Å². The van der Waals surface area contributed by atoms with E-state index in [0.29, 0.717) is 6.54 Å². The minimum absolute atomic E-state index is 0.156. The molecule has 0 aliphatic heterocycles. The molecule has 2 atom stereocenters. The van der Waals surface area contributed by atoms with Crippen LogP contribution in [0.4, 0.5) is 4.39 Å². The molecular formula is C22H25FN2O4. The van der Waals surface area contributed by atoms with Gasteiger partial charge in [0.2, 0.25) is 0 Å². The number of carbonyl (C=O) groups excluding carboxylic acids is 3. The highest BCUT2D eigenvalue weighted by Crippen LogP contribution is 2.18. The predicted octanol–water partition coefficient (Wildman–Crippen LogP) is 2.80. The molecule has 0 saturated heterocycles. The molecule has 0 aromatic heterocycles. The van der Waals surface area contributed by atoms with Crippen LogP contribution in [0.1, 0.15) is 42.1 Å². The fourth-order valence-corrected chi connectivity index (χ4v) is 2.78. The first-order chi connectivity index (χ1) is 13.9. The number of nitrogens with one attached hydrogen (secondary N) is 2. The Labute approximate surface area is 169 Å². The predicted molar refractivity (Wildman–Crippen MR) is 107 cm³/mol. The number of ether oxygens (including phenoxy) is 1. The molecule has 2 aromatic rings. The van der Waals surface area contributed by atoms with Crippen LogP contribution < -0.4 is 10.6 Å². The Balaban J connectivity index is 1.77. The van der Waals surface area contributed by atoms with E-state index in [4.69, 9.17) is 4.74 Å². The molecule has 0 saturated carbocycles. The van der Waals surface area contributed by atoms with Gasteiger partial charge < -0.3 is 15.4 Å². The number of benzene rings is 2.